The fourth-order valence-electron chi connectivity index (χ4n) is 2.25. The lowest BCUT2D eigenvalue weighted by Crippen LogP contribution is -2.13. The third kappa shape index (κ3) is 4.27. The molecule has 0 atom stereocenters. The Balaban J connectivity index is 1.98. The van der Waals surface area contributed by atoms with Crippen molar-refractivity contribution < 1.29 is 0 Å². The summed E-state index contributed by atoms with van der Waals surface area (Å²) in [5.74, 6) is 0. The highest BCUT2D eigenvalue weighted by molar-refractivity contribution is 5.54. The van der Waals surface area contributed by atoms with Gasteiger partial charge in [-0.1, -0.05) is 65.8 Å². The van der Waals surface area contributed by atoms with E-state index >= 15 is 0 Å². The zero-order valence-electron chi connectivity index (χ0n) is 14.6. The number of hydrogen-bond acceptors (Lipinski definition) is 2. The van der Waals surface area contributed by atoms with Gasteiger partial charge in [0.2, 0.25) is 0 Å². The van der Waals surface area contributed by atoms with Crippen LogP contribution in [0.1, 0.15) is 52.7 Å². The van der Waals surface area contributed by atoms with E-state index in [0.717, 1.165) is 11.4 Å². The van der Waals surface area contributed by atoms with Crippen LogP contribution in [0.25, 0.3) is 0 Å². The van der Waals surface area contributed by atoms with Crippen LogP contribution in [0.4, 0.5) is 11.4 Å². The molecule has 0 unspecified atom stereocenters. The highest BCUT2D eigenvalue weighted by Gasteiger charge is 2.13. The van der Waals surface area contributed by atoms with Crippen molar-refractivity contribution in [2.24, 2.45) is 0 Å². The monoisotopic (exact) mass is 296 g/mol. The second-order valence-electron chi connectivity index (χ2n) is 7.90. The molecule has 0 aliphatic heterocycles. The van der Waals surface area contributed by atoms with Crippen molar-refractivity contribution >= 4 is 11.4 Å². The van der Waals surface area contributed by atoms with Gasteiger partial charge < -0.3 is 10.9 Å². The molecule has 0 amide bonds. The van der Waals surface area contributed by atoms with Crippen molar-refractivity contribution in [3.63, 3.8) is 0 Å². The number of hydrazine groups is 1. The first-order chi connectivity index (χ1) is 10.2. The summed E-state index contributed by atoms with van der Waals surface area (Å²) >= 11 is 0. The van der Waals surface area contributed by atoms with E-state index in [-0.39, 0.29) is 10.8 Å². The van der Waals surface area contributed by atoms with E-state index in [1.807, 2.05) is 0 Å². The van der Waals surface area contributed by atoms with Gasteiger partial charge in [-0.2, -0.15) is 0 Å². The Bertz CT molecular complexity index is 539. The molecule has 0 bridgehead atoms. The predicted molar refractivity (Wildman–Crippen MR) is 97.5 cm³/mol. The molecule has 0 saturated heterocycles. The topological polar surface area (TPSA) is 24.1 Å². The molecule has 2 aromatic carbocycles. The van der Waals surface area contributed by atoms with Gasteiger partial charge in [-0.05, 0) is 46.2 Å². The number of anilines is 2. The first-order valence-corrected chi connectivity index (χ1v) is 7.89. The first-order valence-electron chi connectivity index (χ1n) is 7.89. The molecule has 0 spiro atoms. The minimum atomic E-state index is 0.189. The van der Waals surface area contributed by atoms with Gasteiger partial charge in [0.1, 0.15) is 0 Å². The molecule has 118 valence electrons. The molecule has 0 saturated carbocycles. The van der Waals surface area contributed by atoms with Crippen LogP contribution >= 0.6 is 0 Å². The minimum Gasteiger partial charge on any atom is -0.301 e. The maximum atomic E-state index is 3.25. The van der Waals surface area contributed by atoms with Gasteiger partial charge in [-0.3, -0.25) is 0 Å². The summed E-state index contributed by atoms with van der Waals surface area (Å²) in [6, 6.07) is 17.1. The zero-order chi connectivity index (χ0) is 16.4. The highest BCUT2D eigenvalue weighted by Crippen LogP contribution is 2.25. The molecule has 0 aliphatic rings. The van der Waals surface area contributed by atoms with E-state index in [2.05, 4.69) is 101 Å². The summed E-state index contributed by atoms with van der Waals surface area (Å²) in [5.41, 5.74) is 11.7. The number of benzene rings is 2. The van der Waals surface area contributed by atoms with Gasteiger partial charge in [-0.15, -0.1) is 0 Å². The molecule has 0 fully saturated rings. The van der Waals surface area contributed by atoms with E-state index in [4.69, 9.17) is 0 Å². The maximum absolute atomic E-state index is 3.25. The van der Waals surface area contributed by atoms with Crippen molar-refractivity contribution in [3.8, 4) is 0 Å². The van der Waals surface area contributed by atoms with Gasteiger partial charge in [0.15, 0.2) is 0 Å². The fourth-order valence-corrected chi connectivity index (χ4v) is 2.25. The van der Waals surface area contributed by atoms with E-state index in [1.165, 1.54) is 11.1 Å². The van der Waals surface area contributed by atoms with Crippen LogP contribution in [0.5, 0.6) is 0 Å². The molecule has 2 nitrogen and oxygen atoms in total. The molecule has 22 heavy (non-hydrogen) atoms. The second-order valence-corrected chi connectivity index (χ2v) is 7.90. The third-order valence-electron chi connectivity index (χ3n) is 3.85. The summed E-state index contributed by atoms with van der Waals surface area (Å²) in [6.45, 7) is 13.4. The fraction of sp³-hybridized carbons (Fsp3) is 0.400. The molecule has 0 aromatic heterocycles. The average molecular weight is 296 g/mol. The van der Waals surface area contributed by atoms with Crippen molar-refractivity contribution in [1.29, 1.82) is 0 Å². The molecular weight excluding hydrogens is 268 g/mol. The van der Waals surface area contributed by atoms with Crippen LogP contribution in [-0.4, -0.2) is 0 Å². The Morgan fingerprint density at radius 1 is 0.500 bits per heavy atom. The molecule has 0 radical (unpaired) electrons. The van der Waals surface area contributed by atoms with E-state index in [9.17, 15) is 0 Å². The van der Waals surface area contributed by atoms with Crippen LogP contribution in [0.2, 0.25) is 0 Å². The minimum absolute atomic E-state index is 0.189. The van der Waals surface area contributed by atoms with Crippen LogP contribution in [0.15, 0.2) is 48.5 Å². The molecule has 0 heterocycles. The van der Waals surface area contributed by atoms with E-state index in [0.29, 0.717) is 0 Å². The second kappa shape index (κ2) is 6.04. The Hall–Kier alpha value is -1.96. The quantitative estimate of drug-likeness (QED) is 0.708. The molecule has 2 heteroatoms. The Labute approximate surface area is 134 Å². The first kappa shape index (κ1) is 16.4. The molecular formula is C20H28N2. The summed E-state index contributed by atoms with van der Waals surface area (Å²) in [5, 5.41) is 0. The lowest BCUT2D eigenvalue weighted by atomic mass is 9.87. The zero-order valence-corrected chi connectivity index (χ0v) is 14.6. The van der Waals surface area contributed by atoms with Crippen molar-refractivity contribution in [2.45, 2.75) is 52.4 Å². The van der Waals surface area contributed by atoms with Gasteiger partial charge in [0, 0.05) is 0 Å². The summed E-state index contributed by atoms with van der Waals surface area (Å²) in [6.07, 6.45) is 0. The number of hydrogen-bond donors (Lipinski definition) is 2. The number of rotatable bonds is 3. The van der Waals surface area contributed by atoms with Gasteiger partial charge in [-0.25, -0.2) is 0 Å². The van der Waals surface area contributed by atoms with Crippen molar-refractivity contribution in [1.82, 2.24) is 0 Å². The molecule has 2 aromatic rings. The summed E-state index contributed by atoms with van der Waals surface area (Å²) < 4.78 is 0. The largest absolute Gasteiger partial charge is 0.301 e. The lowest BCUT2D eigenvalue weighted by Gasteiger charge is -2.20. The standard InChI is InChI=1S/C20H28N2/c1-19(2,3)15-7-11-17(12-8-15)21-22-18-13-9-16(10-14-18)20(4,5)6/h7-14,21-22H,1-6H3. The Morgan fingerprint density at radius 3 is 1.00 bits per heavy atom. The Kier molecular flexibility index (Phi) is 4.50. The normalized spacial score (nSPS) is 12.1. The smallest absolute Gasteiger partial charge is 0.0540 e. The Morgan fingerprint density at radius 2 is 0.773 bits per heavy atom. The van der Waals surface area contributed by atoms with Crippen LogP contribution in [0.3, 0.4) is 0 Å². The van der Waals surface area contributed by atoms with E-state index in [1.54, 1.807) is 0 Å². The van der Waals surface area contributed by atoms with Crippen LogP contribution < -0.4 is 10.9 Å². The van der Waals surface area contributed by atoms with Crippen LogP contribution in [-0.2, 0) is 10.8 Å². The SMILES string of the molecule is CC(C)(C)c1ccc(NNc2ccc(C(C)(C)C)cc2)cc1. The van der Waals surface area contributed by atoms with Crippen molar-refractivity contribution in [2.75, 3.05) is 10.9 Å². The molecule has 0 aliphatic carbocycles. The maximum Gasteiger partial charge on any atom is 0.0540 e. The van der Waals surface area contributed by atoms with Crippen molar-refractivity contribution in [3.05, 3.63) is 59.7 Å². The van der Waals surface area contributed by atoms with Gasteiger partial charge in [0.25, 0.3) is 0 Å². The molecule has 2 N–H and O–H groups in total. The number of nitrogens with one attached hydrogen (secondary N) is 2. The van der Waals surface area contributed by atoms with Gasteiger partial charge in [0.05, 0.1) is 11.4 Å². The predicted octanol–water partition coefficient (Wildman–Crippen LogP) is 5.72. The van der Waals surface area contributed by atoms with Gasteiger partial charge >= 0.3 is 0 Å². The summed E-state index contributed by atoms with van der Waals surface area (Å²) in [4.78, 5) is 0. The van der Waals surface area contributed by atoms with Crippen LogP contribution in [0, 0.1) is 0 Å². The summed E-state index contributed by atoms with van der Waals surface area (Å²) in [7, 11) is 0. The average Bonchev–Trinajstić information content (AvgIpc) is 2.44. The van der Waals surface area contributed by atoms with E-state index < -0.39 is 0 Å². The lowest BCUT2D eigenvalue weighted by molar-refractivity contribution is 0.590. The highest BCUT2D eigenvalue weighted by atomic mass is 15.4. The third-order valence-corrected chi connectivity index (χ3v) is 3.85. The molecule has 2 rings (SSSR count).